The van der Waals surface area contributed by atoms with E-state index in [0.717, 1.165) is 5.56 Å². The van der Waals surface area contributed by atoms with Gasteiger partial charge in [-0.2, -0.15) is 0 Å². The molecule has 0 fully saturated rings. The van der Waals surface area contributed by atoms with Gasteiger partial charge in [-0.15, -0.1) is 0 Å². The number of anilines is 1. The van der Waals surface area contributed by atoms with Crippen LogP contribution in [0.1, 0.15) is 11.1 Å². The van der Waals surface area contributed by atoms with Crippen LogP contribution in [0.3, 0.4) is 0 Å². The van der Waals surface area contributed by atoms with Gasteiger partial charge < -0.3 is 14.6 Å². The molecule has 3 aromatic rings. The number of phenolic OH excluding ortho intramolecular Hbond substituents is 1. The molecule has 4 rings (SSSR count). The van der Waals surface area contributed by atoms with Crippen molar-refractivity contribution >= 4 is 23.5 Å². The van der Waals surface area contributed by atoms with Crippen molar-refractivity contribution in [3.05, 3.63) is 89.6 Å². The number of phenols is 1. The predicted octanol–water partition coefficient (Wildman–Crippen LogP) is 4.24. The van der Waals surface area contributed by atoms with Crippen LogP contribution >= 0.6 is 0 Å². The largest absolute Gasteiger partial charge is 0.508 e. The van der Waals surface area contributed by atoms with Crippen LogP contribution in [-0.2, 0) is 4.79 Å². The molecule has 0 bridgehead atoms. The van der Waals surface area contributed by atoms with E-state index in [4.69, 9.17) is 9.47 Å². The fourth-order valence-electron chi connectivity index (χ4n) is 3.30. The van der Waals surface area contributed by atoms with E-state index in [9.17, 15) is 9.90 Å². The van der Waals surface area contributed by atoms with Crippen molar-refractivity contribution in [2.75, 3.05) is 19.1 Å². The van der Waals surface area contributed by atoms with E-state index in [1.165, 1.54) is 17.0 Å². The van der Waals surface area contributed by atoms with Gasteiger partial charge in [-0.25, -0.2) is 4.99 Å². The molecule has 0 atom stereocenters. The fourth-order valence-corrected chi connectivity index (χ4v) is 3.30. The first-order valence-electron chi connectivity index (χ1n) is 9.32. The second kappa shape index (κ2) is 8.13. The Labute approximate surface area is 174 Å². The topological polar surface area (TPSA) is 71.4 Å². The van der Waals surface area contributed by atoms with Crippen LogP contribution in [0.2, 0.25) is 0 Å². The predicted molar refractivity (Wildman–Crippen MR) is 116 cm³/mol. The molecule has 1 N–H and O–H groups in total. The first kappa shape index (κ1) is 19.3. The maximum atomic E-state index is 13.4. The second-order valence-electron chi connectivity index (χ2n) is 6.56. The number of nitrogens with zero attached hydrogens (tertiary/aromatic N) is 2. The zero-order chi connectivity index (χ0) is 21.1. The summed E-state index contributed by atoms with van der Waals surface area (Å²) in [6.07, 6.45) is 1.71. The zero-order valence-electron chi connectivity index (χ0n) is 16.6. The number of aliphatic imine (C=N–C) groups is 1. The van der Waals surface area contributed by atoms with Crippen LogP contribution in [0.5, 0.6) is 17.2 Å². The molecule has 1 amide bonds. The van der Waals surface area contributed by atoms with Crippen molar-refractivity contribution < 1.29 is 19.4 Å². The summed E-state index contributed by atoms with van der Waals surface area (Å²) in [5, 5.41) is 9.66. The highest BCUT2D eigenvalue weighted by atomic mass is 16.5. The third kappa shape index (κ3) is 3.51. The molecule has 1 aliphatic heterocycles. The van der Waals surface area contributed by atoms with E-state index in [1.54, 1.807) is 32.4 Å². The summed E-state index contributed by atoms with van der Waals surface area (Å²) in [4.78, 5) is 19.5. The lowest BCUT2D eigenvalue weighted by Crippen LogP contribution is -2.32. The summed E-state index contributed by atoms with van der Waals surface area (Å²) in [7, 11) is 3.16. The number of para-hydroxylation sites is 2. The Balaban J connectivity index is 1.87. The summed E-state index contributed by atoms with van der Waals surface area (Å²) in [5.74, 6) is 1.53. The van der Waals surface area contributed by atoms with E-state index in [0.29, 0.717) is 28.6 Å². The summed E-state index contributed by atoms with van der Waals surface area (Å²) in [6.45, 7) is 0. The van der Waals surface area contributed by atoms with Crippen molar-refractivity contribution in [2.45, 2.75) is 0 Å². The normalized spacial score (nSPS) is 14.7. The molecule has 150 valence electrons. The number of aromatic hydroxyl groups is 1. The van der Waals surface area contributed by atoms with Gasteiger partial charge in [0.25, 0.3) is 5.91 Å². The molecular weight excluding hydrogens is 380 g/mol. The molecule has 0 aromatic heterocycles. The van der Waals surface area contributed by atoms with Crippen LogP contribution in [0.15, 0.2) is 83.5 Å². The van der Waals surface area contributed by atoms with E-state index >= 15 is 0 Å². The van der Waals surface area contributed by atoms with Gasteiger partial charge in [0, 0.05) is 5.56 Å². The van der Waals surface area contributed by atoms with Gasteiger partial charge in [-0.1, -0.05) is 30.3 Å². The van der Waals surface area contributed by atoms with E-state index < -0.39 is 0 Å². The number of carbonyl (C=O) groups excluding carboxylic acids is 1. The van der Waals surface area contributed by atoms with Crippen molar-refractivity contribution in [2.24, 2.45) is 4.99 Å². The Morgan fingerprint density at radius 2 is 1.50 bits per heavy atom. The number of rotatable bonds is 5. The third-order valence-corrected chi connectivity index (χ3v) is 4.75. The van der Waals surface area contributed by atoms with Gasteiger partial charge in [0.15, 0.2) is 5.84 Å². The zero-order valence-corrected chi connectivity index (χ0v) is 16.6. The lowest BCUT2D eigenvalue weighted by atomic mass is 10.1. The van der Waals surface area contributed by atoms with Crippen LogP contribution in [0, 0.1) is 0 Å². The molecule has 1 aliphatic rings. The average molecular weight is 400 g/mol. The van der Waals surface area contributed by atoms with Crippen LogP contribution in [0.25, 0.3) is 6.08 Å². The summed E-state index contributed by atoms with van der Waals surface area (Å²) in [5.41, 5.74) is 2.29. The number of amides is 1. The van der Waals surface area contributed by atoms with E-state index in [1.807, 2.05) is 48.5 Å². The number of hydrogen-bond acceptors (Lipinski definition) is 5. The minimum absolute atomic E-state index is 0.117. The first-order valence-corrected chi connectivity index (χ1v) is 9.32. The molecule has 3 aromatic carbocycles. The molecule has 0 saturated heterocycles. The molecule has 0 unspecified atom stereocenters. The summed E-state index contributed by atoms with van der Waals surface area (Å²) >= 11 is 0. The number of amidine groups is 1. The molecule has 0 saturated carbocycles. The summed E-state index contributed by atoms with van der Waals surface area (Å²) in [6, 6.07) is 21.2. The molecule has 0 aliphatic carbocycles. The Bertz CT molecular complexity index is 1150. The van der Waals surface area contributed by atoms with Crippen molar-refractivity contribution in [3.63, 3.8) is 0 Å². The number of carbonyl (C=O) groups is 1. The van der Waals surface area contributed by atoms with Gasteiger partial charge in [-0.3, -0.25) is 9.69 Å². The van der Waals surface area contributed by atoms with Crippen LogP contribution in [-0.4, -0.2) is 31.1 Å². The Hall–Kier alpha value is -4.06. The van der Waals surface area contributed by atoms with Crippen molar-refractivity contribution in [1.29, 1.82) is 0 Å². The molecule has 30 heavy (non-hydrogen) atoms. The number of ether oxygens (including phenoxy) is 2. The Morgan fingerprint density at radius 3 is 2.20 bits per heavy atom. The molecule has 1 heterocycles. The highest BCUT2D eigenvalue weighted by molar-refractivity contribution is 6.33. The maximum absolute atomic E-state index is 13.4. The third-order valence-electron chi connectivity index (χ3n) is 4.75. The van der Waals surface area contributed by atoms with E-state index in [-0.39, 0.29) is 17.4 Å². The van der Waals surface area contributed by atoms with Crippen molar-refractivity contribution in [1.82, 2.24) is 0 Å². The quantitative estimate of drug-likeness (QED) is 0.650. The minimum Gasteiger partial charge on any atom is -0.508 e. The van der Waals surface area contributed by atoms with Crippen LogP contribution < -0.4 is 14.4 Å². The van der Waals surface area contributed by atoms with E-state index in [2.05, 4.69) is 4.99 Å². The standard InChI is InChI=1S/C24H20N2O4/c1-29-21-9-5-3-7-16(21)15-20-24(28)26(17-11-13-18(27)14-12-17)23(25-20)19-8-4-6-10-22(19)30-2/h3-15,27H,1-2H3/b20-15+. The lowest BCUT2D eigenvalue weighted by molar-refractivity contribution is -0.113. The smallest absolute Gasteiger partial charge is 0.282 e. The summed E-state index contributed by atoms with van der Waals surface area (Å²) < 4.78 is 10.9. The van der Waals surface area contributed by atoms with Gasteiger partial charge in [0.05, 0.1) is 25.5 Å². The van der Waals surface area contributed by atoms with Crippen LogP contribution in [0.4, 0.5) is 5.69 Å². The minimum atomic E-state index is -0.285. The fraction of sp³-hybridized carbons (Fsp3) is 0.0833. The molecule has 0 radical (unpaired) electrons. The number of benzene rings is 3. The monoisotopic (exact) mass is 400 g/mol. The van der Waals surface area contributed by atoms with Gasteiger partial charge >= 0.3 is 0 Å². The number of hydrogen-bond donors (Lipinski definition) is 1. The Kier molecular flexibility index (Phi) is 5.22. The second-order valence-corrected chi connectivity index (χ2v) is 6.56. The number of methoxy groups -OCH3 is 2. The molecule has 0 spiro atoms. The molecule has 6 nitrogen and oxygen atoms in total. The average Bonchev–Trinajstić information content (AvgIpc) is 3.10. The highest BCUT2D eigenvalue weighted by Gasteiger charge is 2.34. The molecular formula is C24H20N2O4. The lowest BCUT2D eigenvalue weighted by Gasteiger charge is -2.20. The first-order chi connectivity index (χ1) is 14.6. The SMILES string of the molecule is COc1ccccc1/C=C1/N=C(c2ccccc2OC)N(c2ccc(O)cc2)C1=O. The van der Waals surface area contributed by atoms with Gasteiger partial charge in [-0.05, 0) is 48.5 Å². The van der Waals surface area contributed by atoms with Crippen molar-refractivity contribution in [3.8, 4) is 17.2 Å². The van der Waals surface area contributed by atoms with Gasteiger partial charge in [0.1, 0.15) is 22.9 Å². The molecule has 6 heteroatoms. The Morgan fingerprint density at radius 1 is 0.867 bits per heavy atom. The van der Waals surface area contributed by atoms with Gasteiger partial charge in [0.2, 0.25) is 0 Å². The highest BCUT2D eigenvalue weighted by Crippen LogP contribution is 2.32. The maximum Gasteiger partial charge on any atom is 0.282 e.